The summed E-state index contributed by atoms with van der Waals surface area (Å²) in [5, 5.41) is 9.54. The molecule has 2 aliphatic heterocycles. The van der Waals surface area contributed by atoms with Crippen molar-refractivity contribution < 1.29 is 18.9 Å². The maximum absolute atomic E-state index is 5.37. The van der Waals surface area contributed by atoms with E-state index in [0.29, 0.717) is 0 Å². The van der Waals surface area contributed by atoms with Crippen LogP contribution < -0.4 is 10.4 Å². The van der Waals surface area contributed by atoms with Gasteiger partial charge >= 0.3 is 46.5 Å². The van der Waals surface area contributed by atoms with Crippen molar-refractivity contribution >= 4 is 68.8 Å². The summed E-state index contributed by atoms with van der Waals surface area (Å²) < 4.78 is 1.89. The van der Waals surface area contributed by atoms with Gasteiger partial charge in [-0.15, -0.1) is 68.3 Å². The Morgan fingerprint density at radius 2 is 1.08 bits per heavy atom. The SMILES string of the molecule is CCC[Si]1([c-]2ccc3ccccc32)CCC1.CCC[Si]1([c-]2ccc3ccccc32)CCC1.C[CH]=[Zr]([Cl])[Cl]. The fraction of sp³-hybridized carbons (Fsp3) is 0.406. The van der Waals surface area contributed by atoms with Crippen molar-refractivity contribution in [1.29, 1.82) is 0 Å². The number of fused-ring (bicyclic) bond motifs is 2. The first kappa shape index (κ1) is 29.4. The van der Waals surface area contributed by atoms with E-state index in [1.54, 1.807) is 21.1 Å². The van der Waals surface area contributed by atoms with Crippen molar-refractivity contribution in [2.75, 3.05) is 0 Å². The van der Waals surface area contributed by atoms with Crippen LogP contribution in [0.3, 0.4) is 0 Å². The van der Waals surface area contributed by atoms with E-state index in [2.05, 4.69) is 86.6 Å². The van der Waals surface area contributed by atoms with Crippen molar-refractivity contribution in [1.82, 2.24) is 0 Å². The Balaban J connectivity index is 0.000000147. The van der Waals surface area contributed by atoms with Crippen LogP contribution in [0.25, 0.3) is 21.5 Å². The van der Waals surface area contributed by atoms with Gasteiger partial charge in [-0.3, -0.25) is 0 Å². The van der Waals surface area contributed by atoms with Gasteiger partial charge in [-0.2, -0.15) is 24.3 Å². The van der Waals surface area contributed by atoms with E-state index in [1.807, 2.05) is 10.6 Å². The second kappa shape index (κ2) is 13.7. The van der Waals surface area contributed by atoms with Gasteiger partial charge < -0.3 is 0 Å². The molecule has 4 aromatic carbocycles. The van der Waals surface area contributed by atoms with Gasteiger partial charge in [-0.25, -0.2) is 0 Å². The summed E-state index contributed by atoms with van der Waals surface area (Å²) in [6.45, 7) is 6.59. The maximum atomic E-state index is 5.37. The molecule has 0 aromatic heterocycles. The van der Waals surface area contributed by atoms with Gasteiger partial charge in [0.25, 0.3) is 0 Å². The van der Waals surface area contributed by atoms with E-state index >= 15 is 0 Å². The van der Waals surface area contributed by atoms with Crippen molar-refractivity contribution in [3.05, 3.63) is 72.8 Å². The summed E-state index contributed by atoms with van der Waals surface area (Å²) in [4.78, 5) is 0. The summed E-state index contributed by atoms with van der Waals surface area (Å²) in [6, 6.07) is 36.5. The molecule has 5 heteroatoms. The summed E-state index contributed by atoms with van der Waals surface area (Å²) in [5.74, 6) is 0. The zero-order valence-corrected chi connectivity index (χ0v) is 28.8. The van der Waals surface area contributed by atoms with Crippen LogP contribution in [0.4, 0.5) is 0 Å². The van der Waals surface area contributed by atoms with Crippen LogP contribution in [0.15, 0.2) is 72.8 Å². The molecular weight excluding hydrogens is 603 g/mol. The molecule has 0 bridgehead atoms. The van der Waals surface area contributed by atoms with Crippen molar-refractivity contribution in [3.63, 3.8) is 0 Å². The van der Waals surface area contributed by atoms with Crippen molar-refractivity contribution in [2.45, 2.75) is 82.7 Å². The molecule has 0 N–H and O–H groups in total. The van der Waals surface area contributed by atoms with Gasteiger partial charge in [-0.1, -0.05) is 87.9 Å². The molecule has 0 atom stereocenters. The fourth-order valence-electron chi connectivity index (χ4n) is 6.70. The van der Waals surface area contributed by atoms with E-state index in [9.17, 15) is 0 Å². The molecule has 0 aliphatic carbocycles. The second-order valence-corrected chi connectivity index (χ2v) is 29.0. The average Bonchev–Trinajstić information content (AvgIpc) is 3.50. The fourth-order valence-corrected chi connectivity index (χ4v) is 16.1. The van der Waals surface area contributed by atoms with Crippen LogP contribution in [0.5, 0.6) is 0 Å². The summed E-state index contributed by atoms with van der Waals surface area (Å²) in [7, 11) is 8.68. The molecule has 0 saturated carbocycles. The standard InChI is InChI=1S/2C15H19Si.C2H4.2ClH.Zr/c2*1-2-10-16(11-5-12-16)15-9-8-13-6-3-4-7-14(13)15;1-2;;;/h2*3-4,6-9H,2,5,10-12H2,1H3;1H,2H3;2*1H;/q2*-1;;;;+2/p-2. The Labute approximate surface area is 241 Å². The molecule has 4 aromatic rings. The van der Waals surface area contributed by atoms with Crippen LogP contribution in [0.1, 0.15) is 46.5 Å². The molecule has 6 rings (SSSR count). The predicted molar refractivity (Wildman–Crippen MR) is 172 cm³/mol. The van der Waals surface area contributed by atoms with Gasteiger partial charge in [0.2, 0.25) is 0 Å². The number of benzene rings is 2. The first-order valence-electron chi connectivity index (χ1n) is 14.3. The third kappa shape index (κ3) is 6.60. The van der Waals surface area contributed by atoms with Crippen LogP contribution in [-0.4, -0.2) is 19.9 Å². The molecule has 0 spiro atoms. The predicted octanol–water partition coefficient (Wildman–Crippen LogP) is 9.79. The van der Waals surface area contributed by atoms with Gasteiger partial charge in [0, 0.05) is 16.1 Å². The van der Waals surface area contributed by atoms with Crippen LogP contribution in [-0.2, 0) is 18.9 Å². The number of rotatable bonds is 6. The Hall–Kier alpha value is -0.573. The van der Waals surface area contributed by atoms with Crippen molar-refractivity contribution in [3.8, 4) is 0 Å². The number of hydrogen-bond donors (Lipinski definition) is 0. The molecule has 0 amide bonds. The first-order chi connectivity index (χ1) is 18.0. The zero-order chi connectivity index (χ0) is 26.3. The van der Waals surface area contributed by atoms with Gasteiger partial charge in [-0.05, 0) is 0 Å². The molecular formula is C32H42Cl2Si2Zr-2. The summed E-state index contributed by atoms with van der Waals surface area (Å²) >= 11 is -1.76. The number of hydrogen-bond acceptors (Lipinski definition) is 0. The minimum atomic E-state index is -1.76. The van der Waals surface area contributed by atoms with Crippen LogP contribution in [0, 0.1) is 0 Å². The van der Waals surface area contributed by atoms with E-state index in [-0.39, 0.29) is 0 Å². The first-order valence-corrected chi connectivity index (χ1v) is 27.2. The van der Waals surface area contributed by atoms with Crippen LogP contribution in [0.2, 0.25) is 36.3 Å². The molecule has 2 aliphatic rings. The minimum absolute atomic E-state index is 1.03. The van der Waals surface area contributed by atoms with Gasteiger partial charge in [0.15, 0.2) is 0 Å². The second-order valence-electron chi connectivity index (χ2n) is 11.0. The van der Waals surface area contributed by atoms with E-state index in [4.69, 9.17) is 17.0 Å². The molecule has 198 valence electrons. The van der Waals surface area contributed by atoms with Crippen molar-refractivity contribution in [2.24, 2.45) is 0 Å². The molecule has 0 unspecified atom stereocenters. The third-order valence-electron chi connectivity index (χ3n) is 8.80. The van der Waals surface area contributed by atoms with Crippen LogP contribution >= 0.6 is 17.0 Å². The van der Waals surface area contributed by atoms with E-state index in [0.717, 1.165) is 0 Å². The average molecular weight is 645 g/mol. The molecule has 2 saturated heterocycles. The summed E-state index contributed by atoms with van der Waals surface area (Å²) in [5.41, 5.74) is 0. The summed E-state index contributed by atoms with van der Waals surface area (Å²) in [6.07, 6.45) is 5.69. The normalized spacial score (nSPS) is 17.0. The van der Waals surface area contributed by atoms with Gasteiger partial charge in [0.05, 0.1) is 0 Å². The molecule has 0 radical (unpaired) electrons. The molecule has 37 heavy (non-hydrogen) atoms. The third-order valence-corrected chi connectivity index (χ3v) is 23.8. The van der Waals surface area contributed by atoms with Gasteiger partial charge in [0.1, 0.15) is 0 Å². The molecule has 2 fully saturated rings. The number of halogens is 2. The Kier molecular flexibility index (Phi) is 10.9. The quantitative estimate of drug-likeness (QED) is 0.145. The Bertz CT molecular complexity index is 1210. The molecule has 0 nitrogen and oxygen atoms in total. The monoisotopic (exact) mass is 642 g/mol. The Morgan fingerprint density at radius 3 is 1.38 bits per heavy atom. The topological polar surface area (TPSA) is 0 Å². The molecule has 2 heterocycles. The van der Waals surface area contributed by atoms with E-state index < -0.39 is 35.0 Å². The Morgan fingerprint density at radius 1 is 0.703 bits per heavy atom. The zero-order valence-electron chi connectivity index (χ0n) is 22.8. The van der Waals surface area contributed by atoms with E-state index in [1.165, 1.54) is 72.7 Å².